The second-order valence-electron chi connectivity index (χ2n) is 20.1. The fraction of sp³-hybridized carbons (Fsp3) is 0.456. The Kier molecular flexibility index (Phi) is 19.5. The number of rotatable bonds is 28. The molecule has 4 aliphatic heterocycles. The molecule has 0 saturated carbocycles. The van der Waals surface area contributed by atoms with Gasteiger partial charge in [0.25, 0.3) is 17.4 Å². The lowest BCUT2D eigenvalue weighted by Crippen LogP contribution is -2.52. The van der Waals surface area contributed by atoms with Crippen molar-refractivity contribution in [2.45, 2.75) is 103 Å². The molecule has 0 unspecified atom stereocenters. The molecule has 2 aromatic carbocycles. The highest BCUT2D eigenvalue weighted by atomic mass is 32.1. The maximum atomic E-state index is 14.2. The number of ether oxygens (including phenoxy) is 8. The fourth-order valence-corrected chi connectivity index (χ4v) is 11.3. The van der Waals surface area contributed by atoms with E-state index < -0.39 is 42.6 Å². The molecule has 0 aliphatic carbocycles. The summed E-state index contributed by atoms with van der Waals surface area (Å²) in [5.41, 5.74) is 13.4. The monoisotopic (exact) mass is 1150 g/mol. The molecule has 436 valence electrons. The van der Waals surface area contributed by atoms with Crippen LogP contribution in [0.4, 0.5) is 4.79 Å². The van der Waals surface area contributed by atoms with Crippen molar-refractivity contribution in [2.24, 2.45) is 5.11 Å². The number of carbonyl (C=O) groups is 5. The Labute approximate surface area is 474 Å². The molecule has 24 nitrogen and oxygen atoms in total. The number of benzene rings is 2. The van der Waals surface area contributed by atoms with E-state index in [0.29, 0.717) is 76.5 Å². The molecule has 25 heteroatoms. The fourth-order valence-electron chi connectivity index (χ4n) is 10.2. The number of nitrogens with zero attached hydrogens (tertiary/aromatic N) is 5. The summed E-state index contributed by atoms with van der Waals surface area (Å²) in [7, 11) is 0. The number of aromatic nitrogens is 2. The lowest BCUT2D eigenvalue weighted by Gasteiger charge is -2.35. The van der Waals surface area contributed by atoms with Crippen LogP contribution in [0, 0.1) is 5.53 Å². The third-order valence-corrected chi connectivity index (χ3v) is 15.7. The summed E-state index contributed by atoms with van der Waals surface area (Å²) < 4.78 is 47.6. The number of hydrogen-bond acceptors (Lipinski definition) is 21. The number of esters is 1. The van der Waals surface area contributed by atoms with E-state index in [4.69, 9.17) is 48.4 Å². The zero-order valence-electron chi connectivity index (χ0n) is 45.5. The topological polar surface area (TPSA) is 309 Å². The van der Waals surface area contributed by atoms with E-state index in [1.807, 2.05) is 57.2 Å². The number of thiophene rings is 1. The molecular weight excluding hydrogens is 1090 g/mol. The van der Waals surface area contributed by atoms with Crippen molar-refractivity contribution >= 4 is 62.2 Å². The molecule has 0 spiro atoms. The van der Waals surface area contributed by atoms with Crippen LogP contribution < -0.4 is 15.6 Å². The SMILES string of the molecule is CC[C@@H]1C(=O)OCc2c1cc1n(c2=O)Cc2c-1nc1ccccc1c2CCN(C(=O)OCc1ccc(O[C@@H]2O[C@H](C(=O)O)C[C@H](O)[C@H]2O)c2cc(CN/C=C(/COCCOCCOCCOCCN3C(=O)C=CC3=O)N=N)sc12)C(C)C. The van der Waals surface area contributed by atoms with Crippen LogP contribution >= 0.6 is 11.3 Å². The van der Waals surface area contributed by atoms with Crippen molar-refractivity contribution in [3.05, 3.63) is 116 Å². The zero-order chi connectivity index (χ0) is 58.0. The number of carboxylic acid groups (broad SMARTS) is 1. The van der Waals surface area contributed by atoms with E-state index in [1.165, 1.54) is 23.5 Å². The van der Waals surface area contributed by atoms with Crippen LogP contribution in [-0.2, 0) is 85.1 Å². The molecule has 4 aliphatic rings. The molecule has 0 bridgehead atoms. The first kappa shape index (κ1) is 59.1. The summed E-state index contributed by atoms with van der Waals surface area (Å²) in [6.45, 7) is 8.27. The van der Waals surface area contributed by atoms with Gasteiger partial charge in [0.15, 0.2) is 6.10 Å². The van der Waals surface area contributed by atoms with E-state index in [9.17, 15) is 44.1 Å². The summed E-state index contributed by atoms with van der Waals surface area (Å²) in [6, 6.07) is 14.4. The van der Waals surface area contributed by atoms with Gasteiger partial charge in [-0.2, -0.15) is 5.11 Å². The lowest BCUT2D eigenvalue weighted by atomic mass is 9.90. The zero-order valence-corrected chi connectivity index (χ0v) is 46.4. The number of carboxylic acids is 1. The van der Waals surface area contributed by atoms with Gasteiger partial charge in [0.1, 0.15) is 30.8 Å². The number of amides is 3. The Hall–Kier alpha value is -7.49. The van der Waals surface area contributed by atoms with Crippen molar-refractivity contribution in [3.8, 4) is 17.1 Å². The van der Waals surface area contributed by atoms with E-state index in [-0.39, 0.29) is 114 Å². The molecule has 7 heterocycles. The van der Waals surface area contributed by atoms with Gasteiger partial charge >= 0.3 is 18.0 Å². The molecule has 9 rings (SSSR count). The minimum atomic E-state index is -1.56. The number of nitrogens with one attached hydrogen (secondary N) is 2. The Bertz CT molecular complexity index is 3320. The average Bonchev–Trinajstić information content (AvgIpc) is 2.79. The van der Waals surface area contributed by atoms with Crippen molar-refractivity contribution < 1.29 is 77.2 Å². The number of aliphatic hydroxyl groups is 2. The van der Waals surface area contributed by atoms with E-state index in [1.54, 1.807) is 27.8 Å². The number of aliphatic hydroxyl groups excluding tert-OH is 2. The molecule has 3 aromatic heterocycles. The number of hydrogen-bond donors (Lipinski definition) is 5. The van der Waals surface area contributed by atoms with Gasteiger partial charge in [-0.1, -0.05) is 31.2 Å². The highest BCUT2D eigenvalue weighted by Gasteiger charge is 2.42. The van der Waals surface area contributed by atoms with Crippen LogP contribution in [0.2, 0.25) is 0 Å². The highest BCUT2D eigenvalue weighted by molar-refractivity contribution is 7.19. The first-order valence-corrected chi connectivity index (χ1v) is 27.8. The molecule has 82 heavy (non-hydrogen) atoms. The van der Waals surface area contributed by atoms with Crippen molar-refractivity contribution in [1.29, 1.82) is 5.53 Å². The number of para-hydroxylation sites is 1. The van der Waals surface area contributed by atoms with Crippen LogP contribution in [0.1, 0.15) is 72.2 Å². The summed E-state index contributed by atoms with van der Waals surface area (Å²) in [4.78, 5) is 84.6. The van der Waals surface area contributed by atoms with Crippen LogP contribution in [0.15, 0.2) is 82.5 Å². The Balaban J connectivity index is 0.829. The van der Waals surface area contributed by atoms with Crippen molar-refractivity contribution in [2.75, 3.05) is 65.9 Å². The number of carbonyl (C=O) groups excluding carboxylic acids is 4. The van der Waals surface area contributed by atoms with E-state index in [0.717, 1.165) is 31.8 Å². The van der Waals surface area contributed by atoms with Crippen LogP contribution in [0.5, 0.6) is 5.75 Å². The van der Waals surface area contributed by atoms with Crippen molar-refractivity contribution in [3.63, 3.8) is 0 Å². The van der Waals surface area contributed by atoms with Gasteiger partial charge in [-0.3, -0.25) is 24.1 Å². The second-order valence-corrected chi connectivity index (χ2v) is 21.2. The number of cyclic esters (lactones) is 1. The predicted molar refractivity (Wildman–Crippen MR) is 294 cm³/mol. The van der Waals surface area contributed by atoms with Gasteiger partial charge in [0.2, 0.25) is 6.29 Å². The molecular formula is C57H65N7O17S. The van der Waals surface area contributed by atoms with E-state index in [2.05, 4.69) is 10.4 Å². The van der Waals surface area contributed by atoms with E-state index >= 15 is 0 Å². The van der Waals surface area contributed by atoms with Crippen molar-refractivity contribution in [1.82, 2.24) is 24.7 Å². The Morgan fingerprint density at radius 1 is 0.951 bits per heavy atom. The number of aliphatic carboxylic acids is 1. The minimum absolute atomic E-state index is 0.0107. The third-order valence-electron chi connectivity index (χ3n) is 14.5. The molecule has 5 aromatic rings. The largest absolute Gasteiger partial charge is 0.479 e. The summed E-state index contributed by atoms with van der Waals surface area (Å²) in [5.74, 6) is -2.73. The summed E-state index contributed by atoms with van der Waals surface area (Å²) in [6.07, 6.45) is -1.98. The standard InChI is InChI=1S/C57H65N7O17S/c1-4-36-39-24-44-50-41(28-64(44)53(69)42(39)31-78-55(36)72)37(38-7-5-6-8-43(38)60-50)13-14-62(32(2)3)57(73)79-29-33-9-10-46(80-56-51(68)45(65)25-47(81-56)54(70)71)40-23-35(82-52(33)40)27-59-26-34(61-58)30-77-22-21-76-20-19-75-18-17-74-16-15-63-48(66)11-12-49(63)67/h5-12,23-24,26,32,36,45,47,51,56,58-59,65,68H,4,13-22,25,27-31H2,1-3H3,(H,70,71)/b34-26-,61-58?/t36-,45-,47-,51+,56+/m0/s1. The molecule has 0 radical (unpaired) electrons. The summed E-state index contributed by atoms with van der Waals surface area (Å²) in [5, 5.41) is 39.2. The maximum absolute atomic E-state index is 14.2. The first-order chi connectivity index (χ1) is 39.6. The van der Waals surface area contributed by atoms with Gasteiger partial charge in [-0.15, -0.1) is 11.3 Å². The quantitative estimate of drug-likeness (QED) is 0.0186. The Morgan fingerprint density at radius 2 is 1.67 bits per heavy atom. The van der Waals surface area contributed by atoms with Gasteiger partial charge in [0.05, 0.1) is 100 Å². The first-order valence-electron chi connectivity index (χ1n) is 27.0. The lowest BCUT2D eigenvalue weighted by molar-refractivity contribution is -0.237. The Morgan fingerprint density at radius 3 is 2.38 bits per heavy atom. The number of fused-ring (bicyclic) bond motifs is 6. The van der Waals surface area contributed by atoms with Crippen LogP contribution in [0.25, 0.3) is 32.4 Å². The summed E-state index contributed by atoms with van der Waals surface area (Å²) >= 11 is 1.35. The minimum Gasteiger partial charge on any atom is -0.479 e. The molecule has 5 atom stereocenters. The van der Waals surface area contributed by atoms with Gasteiger partial charge in [-0.05, 0) is 62.1 Å². The van der Waals surface area contributed by atoms with Crippen LogP contribution in [0.3, 0.4) is 0 Å². The average molecular weight is 1150 g/mol. The van der Waals surface area contributed by atoms with Gasteiger partial charge in [0, 0.05) is 75.4 Å². The third kappa shape index (κ3) is 13.4. The van der Waals surface area contributed by atoms with Gasteiger partial charge < -0.3 is 68.0 Å². The highest BCUT2D eigenvalue weighted by Crippen LogP contribution is 2.40. The molecule has 5 N–H and O–H groups in total. The van der Waals surface area contributed by atoms with Crippen LogP contribution in [-0.4, -0.2) is 161 Å². The number of pyridine rings is 2. The molecule has 3 amide bonds. The molecule has 1 saturated heterocycles. The second kappa shape index (κ2) is 27.1. The number of imide groups is 1. The van der Waals surface area contributed by atoms with Gasteiger partial charge in [-0.25, -0.2) is 20.1 Å². The normalized spacial score (nSPS) is 19.4. The molecule has 1 fully saturated rings. The predicted octanol–water partition coefficient (Wildman–Crippen LogP) is 5.03. The smallest absolute Gasteiger partial charge is 0.410 e. The maximum Gasteiger partial charge on any atom is 0.410 e.